The second kappa shape index (κ2) is 4.48. The SMILES string of the molecule is Clc1ccc(Nc2ncnc3[nH]ccc23)cc1Cl. The minimum Gasteiger partial charge on any atom is -0.346 e. The molecule has 2 aromatic heterocycles. The highest BCUT2D eigenvalue weighted by molar-refractivity contribution is 6.42. The summed E-state index contributed by atoms with van der Waals surface area (Å²) in [6, 6.07) is 7.25. The maximum Gasteiger partial charge on any atom is 0.143 e. The van der Waals surface area contributed by atoms with Crippen LogP contribution in [0.5, 0.6) is 0 Å². The molecule has 0 saturated heterocycles. The Labute approximate surface area is 113 Å². The molecule has 3 aromatic rings. The van der Waals surface area contributed by atoms with Crippen molar-refractivity contribution in [3.05, 3.63) is 46.8 Å². The van der Waals surface area contributed by atoms with Crippen LogP contribution in [0.1, 0.15) is 0 Å². The van der Waals surface area contributed by atoms with Crippen LogP contribution < -0.4 is 5.32 Å². The smallest absolute Gasteiger partial charge is 0.143 e. The fraction of sp³-hybridized carbons (Fsp3) is 0. The predicted molar refractivity (Wildman–Crippen MR) is 73.6 cm³/mol. The van der Waals surface area contributed by atoms with E-state index < -0.39 is 0 Å². The van der Waals surface area contributed by atoms with Crippen molar-refractivity contribution in [2.24, 2.45) is 0 Å². The first-order chi connectivity index (χ1) is 8.74. The maximum absolute atomic E-state index is 5.97. The lowest BCUT2D eigenvalue weighted by atomic mass is 10.3. The van der Waals surface area contributed by atoms with Gasteiger partial charge in [-0.1, -0.05) is 23.2 Å². The number of nitrogens with zero attached hydrogens (tertiary/aromatic N) is 2. The Kier molecular flexibility index (Phi) is 2.81. The van der Waals surface area contributed by atoms with Gasteiger partial charge in [0.2, 0.25) is 0 Å². The number of rotatable bonds is 2. The van der Waals surface area contributed by atoms with Crippen LogP contribution >= 0.6 is 23.2 Å². The highest BCUT2D eigenvalue weighted by Crippen LogP contribution is 2.28. The molecule has 0 bridgehead atoms. The molecular formula is C12H8Cl2N4. The third-order valence-corrected chi connectivity index (χ3v) is 3.28. The first kappa shape index (κ1) is 11.3. The Morgan fingerprint density at radius 2 is 1.94 bits per heavy atom. The first-order valence-electron chi connectivity index (χ1n) is 5.24. The summed E-state index contributed by atoms with van der Waals surface area (Å²) in [6.07, 6.45) is 3.32. The van der Waals surface area contributed by atoms with E-state index in [9.17, 15) is 0 Å². The molecule has 0 spiro atoms. The molecule has 18 heavy (non-hydrogen) atoms. The number of fused-ring (bicyclic) bond motifs is 1. The monoisotopic (exact) mass is 278 g/mol. The van der Waals surface area contributed by atoms with Gasteiger partial charge in [0, 0.05) is 11.9 Å². The molecule has 90 valence electrons. The Hall–Kier alpha value is -1.78. The molecule has 0 aliphatic heterocycles. The molecule has 3 rings (SSSR count). The van der Waals surface area contributed by atoms with Gasteiger partial charge >= 0.3 is 0 Å². The van der Waals surface area contributed by atoms with E-state index in [0.717, 1.165) is 22.5 Å². The largest absolute Gasteiger partial charge is 0.346 e. The van der Waals surface area contributed by atoms with E-state index in [4.69, 9.17) is 23.2 Å². The minimum atomic E-state index is 0.501. The summed E-state index contributed by atoms with van der Waals surface area (Å²) in [5.74, 6) is 0.722. The molecule has 6 heteroatoms. The highest BCUT2D eigenvalue weighted by Gasteiger charge is 2.05. The first-order valence-corrected chi connectivity index (χ1v) is 6.00. The van der Waals surface area contributed by atoms with E-state index in [1.807, 2.05) is 18.3 Å². The number of hydrogen-bond donors (Lipinski definition) is 2. The van der Waals surface area contributed by atoms with Crippen molar-refractivity contribution < 1.29 is 0 Å². The Morgan fingerprint density at radius 3 is 2.78 bits per heavy atom. The lowest BCUT2D eigenvalue weighted by molar-refractivity contribution is 1.20. The number of hydrogen-bond acceptors (Lipinski definition) is 3. The molecule has 2 N–H and O–H groups in total. The van der Waals surface area contributed by atoms with Crippen molar-refractivity contribution in [3.8, 4) is 0 Å². The fourth-order valence-electron chi connectivity index (χ4n) is 1.68. The molecule has 4 nitrogen and oxygen atoms in total. The fourth-order valence-corrected chi connectivity index (χ4v) is 1.98. The van der Waals surface area contributed by atoms with Gasteiger partial charge in [-0.3, -0.25) is 0 Å². The molecule has 1 aromatic carbocycles. The predicted octanol–water partition coefficient (Wildman–Crippen LogP) is 4.01. The number of aromatic amines is 1. The topological polar surface area (TPSA) is 53.6 Å². The second-order valence-electron chi connectivity index (χ2n) is 3.72. The van der Waals surface area contributed by atoms with E-state index in [1.54, 1.807) is 12.1 Å². The van der Waals surface area contributed by atoms with Gasteiger partial charge in [0.15, 0.2) is 0 Å². The Morgan fingerprint density at radius 1 is 1.06 bits per heavy atom. The van der Waals surface area contributed by atoms with Crippen LogP contribution in [0.15, 0.2) is 36.8 Å². The molecule has 0 fully saturated rings. The second-order valence-corrected chi connectivity index (χ2v) is 4.53. The van der Waals surface area contributed by atoms with Gasteiger partial charge in [0.25, 0.3) is 0 Å². The number of anilines is 2. The van der Waals surface area contributed by atoms with E-state index in [0.29, 0.717) is 10.0 Å². The van der Waals surface area contributed by atoms with Crippen molar-refractivity contribution in [1.82, 2.24) is 15.0 Å². The van der Waals surface area contributed by atoms with Crippen LogP contribution in [-0.4, -0.2) is 15.0 Å². The summed E-state index contributed by atoms with van der Waals surface area (Å²) in [5, 5.41) is 5.13. The quantitative estimate of drug-likeness (QED) is 0.745. The lowest BCUT2D eigenvalue weighted by Gasteiger charge is -2.07. The van der Waals surface area contributed by atoms with Crippen molar-refractivity contribution in [2.45, 2.75) is 0 Å². The van der Waals surface area contributed by atoms with E-state index in [1.165, 1.54) is 6.33 Å². The average Bonchev–Trinajstić information content (AvgIpc) is 2.83. The Balaban J connectivity index is 2.01. The number of halogens is 2. The van der Waals surface area contributed by atoms with E-state index in [-0.39, 0.29) is 0 Å². The number of aromatic nitrogens is 3. The molecule has 0 saturated carbocycles. The van der Waals surface area contributed by atoms with Gasteiger partial charge in [-0.25, -0.2) is 9.97 Å². The lowest BCUT2D eigenvalue weighted by Crippen LogP contribution is -1.95. The van der Waals surface area contributed by atoms with Gasteiger partial charge < -0.3 is 10.3 Å². The maximum atomic E-state index is 5.97. The normalized spacial score (nSPS) is 10.8. The summed E-state index contributed by atoms with van der Waals surface area (Å²) in [7, 11) is 0. The summed E-state index contributed by atoms with van der Waals surface area (Å²) in [5.41, 5.74) is 1.61. The van der Waals surface area contributed by atoms with Gasteiger partial charge in [-0.15, -0.1) is 0 Å². The van der Waals surface area contributed by atoms with E-state index >= 15 is 0 Å². The molecule has 0 aliphatic carbocycles. The van der Waals surface area contributed by atoms with Crippen LogP contribution in [-0.2, 0) is 0 Å². The van der Waals surface area contributed by atoms with Crippen LogP contribution in [0.4, 0.5) is 11.5 Å². The molecule has 0 aliphatic rings. The third kappa shape index (κ3) is 2.00. The van der Waals surface area contributed by atoms with Crippen molar-refractivity contribution in [2.75, 3.05) is 5.32 Å². The molecular weight excluding hydrogens is 271 g/mol. The van der Waals surface area contributed by atoms with Crippen molar-refractivity contribution in [3.63, 3.8) is 0 Å². The number of benzene rings is 1. The van der Waals surface area contributed by atoms with E-state index in [2.05, 4.69) is 20.3 Å². The summed E-state index contributed by atoms with van der Waals surface area (Å²) >= 11 is 11.8. The number of nitrogens with one attached hydrogen (secondary N) is 2. The average molecular weight is 279 g/mol. The third-order valence-electron chi connectivity index (χ3n) is 2.54. The number of H-pyrrole nitrogens is 1. The minimum absolute atomic E-state index is 0.501. The van der Waals surface area contributed by atoms with Crippen LogP contribution in [0.2, 0.25) is 10.0 Å². The zero-order valence-electron chi connectivity index (χ0n) is 9.11. The Bertz CT molecular complexity index is 708. The van der Waals surface area contributed by atoms with Crippen LogP contribution in [0, 0.1) is 0 Å². The van der Waals surface area contributed by atoms with Crippen LogP contribution in [0.25, 0.3) is 11.0 Å². The summed E-state index contributed by atoms with van der Waals surface area (Å²) in [4.78, 5) is 11.4. The van der Waals surface area contributed by atoms with Gasteiger partial charge in [0.05, 0.1) is 15.4 Å². The molecule has 0 atom stereocenters. The molecule has 0 unspecified atom stereocenters. The summed E-state index contributed by atoms with van der Waals surface area (Å²) < 4.78 is 0. The van der Waals surface area contributed by atoms with Crippen molar-refractivity contribution >= 4 is 45.7 Å². The molecule has 0 amide bonds. The zero-order chi connectivity index (χ0) is 12.5. The summed E-state index contributed by atoms with van der Waals surface area (Å²) in [6.45, 7) is 0. The van der Waals surface area contributed by atoms with Crippen molar-refractivity contribution in [1.29, 1.82) is 0 Å². The zero-order valence-corrected chi connectivity index (χ0v) is 10.6. The van der Waals surface area contributed by atoms with Gasteiger partial charge in [-0.2, -0.15) is 0 Å². The van der Waals surface area contributed by atoms with Crippen LogP contribution in [0.3, 0.4) is 0 Å². The molecule has 0 radical (unpaired) electrons. The van der Waals surface area contributed by atoms with Gasteiger partial charge in [0.1, 0.15) is 17.8 Å². The highest BCUT2D eigenvalue weighted by atomic mass is 35.5. The standard InChI is InChI=1S/C12H8Cl2N4/c13-9-2-1-7(5-10(9)14)18-12-8-3-4-15-11(8)16-6-17-12/h1-6H,(H2,15,16,17,18). The molecule has 2 heterocycles. The van der Waals surface area contributed by atoms with Gasteiger partial charge in [-0.05, 0) is 24.3 Å².